The molecule has 1 heterocycles. The van der Waals surface area contributed by atoms with Crippen LogP contribution in [-0.2, 0) is 11.3 Å². The van der Waals surface area contributed by atoms with Gasteiger partial charge in [0.05, 0.1) is 6.54 Å². The second-order valence-electron chi connectivity index (χ2n) is 4.98. The van der Waals surface area contributed by atoms with Crippen molar-refractivity contribution in [2.75, 3.05) is 0 Å². The highest BCUT2D eigenvalue weighted by Crippen LogP contribution is 2.15. The van der Waals surface area contributed by atoms with E-state index in [0.29, 0.717) is 11.7 Å². The zero-order valence-electron chi connectivity index (χ0n) is 12.3. The van der Waals surface area contributed by atoms with Gasteiger partial charge in [-0.25, -0.2) is 0 Å². The Kier molecular flexibility index (Phi) is 4.44. The van der Waals surface area contributed by atoms with Crippen molar-refractivity contribution in [3.05, 3.63) is 72.1 Å². The summed E-state index contributed by atoms with van der Waals surface area (Å²) in [5, 5.41) is 6.60. The summed E-state index contributed by atoms with van der Waals surface area (Å²) in [5.41, 5.74) is 7.53. The second kappa shape index (κ2) is 6.85. The molecule has 0 saturated carbocycles. The molecule has 0 saturated heterocycles. The van der Waals surface area contributed by atoms with Crippen LogP contribution < -0.4 is 11.1 Å². The van der Waals surface area contributed by atoms with E-state index >= 15 is 0 Å². The standard InChI is InChI=1S/C17H16N4O2/c18-15(12-7-3-1-4-8-12)17(22)19-11-14-20-16(21-23-14)13-9-5-2-6-10-13/h1-10,15H,11,18H2,(H,19,22)/t15-/m1/s1. The normalized spacial score (nSPS) is 11.9. The predicted molar refractivity (Wildman–Crippen MR) is 85.0 cm³/mol. The summed E-state index contributed by atoms with van der Waals surface area (Å²) in [6, 6.07) is 17.9. The van der Waals surface area contributed by atoms with Crippen molar-refractivity contribution in [2.45, 2.75) is 12.6 Å². The fourth-order valence-electron chi connectivity index (χ4n) is 2.12. The zero-order valence-corrected chi connectivity index (χ0v) is 12.3. The van der Waals surface area contributed by atoms with Crippen molar-refractivity contribution >= 4 is 5.91 Å². The monoisotopic (exact) mass is 308 g/mol. The molecular formula is C17H16N4O2. The first-order chi connectivity index (χ1) is 11.2. The Morgan fingerprint density at radius 3 is 2.43 bits per heavy atom. The van der Waals surface area contributed by atoms with Gasteiger partial charge >= 0.3 is 0 Å². The smallest absolute Gasteiger partial charge is 0.246 e. The summed E-state index contributed by atoms with van der Waals surface area (Å²) in [4.78, 5) is 16.3. The van der Waals surface area contributed by atoms with E-state index in [4.69, 9.17) is 10.3 Å². The minimum Gasteiger partial charge on any atom is -0.345 e. The number of nitrogens with one attached hydrogen (secondary N) is 1. The molecule has 0 fully saturated rings. The van der Waals surface area contributed by atoms with Crippen LogP contribution in [0.1, 0.15) is 17.5 Å². The lowest BCUT2D eigenvalue weighted by Crippen LogP contribution is -2.33. The largest absolute Gasteiger partial charge is 0.345 e. The summed E-state index contributed by atoms with van der Waals surface area (Å²) in [6.45, 7) is 0.138. The predicted octanol–water partition coefficient (Wildman–Crippen LogP) is 2.05. The van der Waals surface area contributed by atoms with Gasteiger partial charge < -0.3 is 15.6 Å². The van der Waals surface area contributed by atoms with Crippen LogP contribution >= 0.6 is 0 Å². The lowest BCUT2D eigenvalue weighted by Gasteiger charge is -2.11. The molecule has 3 N–H and O–H groups in total. The van der Waals surface area contributed by atoms with E-state index in [1.165, 1.54) is 0 Å². The zero-order chi connectivity index (χ0) is 16.1. The van der Waals surface area contributed by atoms with Crippen LogP contribution in [-0.4, -0.2) is 16.0 Å². The Bertz CT molecular complexity index is 772. The number of hydrogen-bond donors (Lipinski definition) is 2. The molecule has 0 aliphatic carbocycles. The van der Waals surface area contributed by atoms with E-state index in [0.717, 1.165) is 11.1 Å². The molecular weight excluding hydrogens is 292 g/mol. The highest BCUT2D eigenvalue weighted by atomic mass is 16.5. The summed E-state index contributed by atoms with van der Waals surface area (Å²) >= 11 is 0. The maximum atomic E-state index is 12.1. The van der Waals surface area contributed by atoms with Crippen molar-refractivity contribution in [3.8, 4) is 11.4 Å². The molecule has 6 heteroatoms. The highest BCUT2D eigenvalue weighted by Gasteiger charge is 2.16. The molecule has 0 spiro atoms. The first-order valence-electron chi connectivity index (χ1n) is 7.20. The molecule has 3 aromatic rings. The first kappa shape index (κ1) is 14.9. The van der Waals surface area contributed by atoms with Crippen molar-refractivity contribution in [2.24, 2.45) is 5.73 Å². The van der Waals surface area contributed by atoms with Crippen LogP contribution in [0.4, 0.5) is 0 Å². The number of amides is 1. The van der Waals surface area contributed by atoms with Gasteiger partial charge in [0.1, 0.15) is 6.04 Å². The lowest BCUT2D eigenvalue weighted by molar-refractivity contribution is -0.122. The molecule has 0 unspecified atom stereocenters. The van der Waals surface area contributed by atoms with Gasteiger partial charge in [-0.3, -0.25) is 4.79 Å². The molecule has 2 aromatic carbocycles. The lowest BCUT2D eigenvalue weighted by atomic mass is 10.1. The molecule has 116 valence electrons. The van der Waals surface area contributed by atoms with E-state index in [1.54, 1.807) is 0 Å². The van der Waals surface area contributed by atoms with Crippen LogP contribution in [0, 0.1) is 0 Å². The number of nitrogens with zero attached hydrogens (tertiary/aromatic N) is 2. The van der Waals surface area contributed by atoms with Crippen LogP contribution in [0.3, 0.4) is 0 Å². The Morgan fingerprint density at radius 2 is 1.74 bits per heavy atom. The SMILES string of the molecule is N[C@@H](C(=O)NCc1nc(-c2ccccc2)no1)c1ccccc1. The summed E-state index contributed by atoms with van der Waals surface area (Å²) in [7, 11) is 0. The minimum atomic E-state index is -0.729. The molecule has 0 bridgehead atoms. The van der Waals surface area contributed by atoms with E-state index in [2.05, 4.69) is 15.5 Å². The number of hydrogen-bond acceptors (Lipinski definition) is 5. The molecule has 0 radical (unpaired) electrons. The molecule has 1 amide bonds. The third-order valence-electron chi connectivity index (χ3n) is 3.36. The van der Waals surface area contributed by atoms with E-state index in [9.17, 15) is 4.79 Å². The molecule has 1 aromatic heterocycles. The number of benzene rings is 2. The molecule has 0 aliphatic rings. The van der Waals surface area contributed by atoms with Gasteiger partial charge in [0.15, 0.2) is 0 Å². The molecule has 6 nitrogen and oxygen atoms in total. The van der Waals surface area contributed by atoms with Gasteiger partial charge in [0.25, 0.3) is 0 Å². The Labute approximate surface area is 133 Å². The fourth-order valence-corrected chi connectivity index (χ4v) is 2.12. The van der Waals surface area contributed by atoms with E-state index in [-0.39, 0.29) is 12.5 Å². The molecule has 0 aliphatic heterocycles. The summed E-state index contributed by atoms with van der Waals surface area (Å²) < 4.78 is 5.14. The number of rotatable bonds is 5. The van der Waals surface area contributed by atoms with Crippen LogP contribution in [0.15, 0.2) is 65.2 Å². The Hall–Kier alpha value is -2.99. The number of nitrogens with two attached hydrogens (primary N) is 1. The third kappa shape index (κ3) is 3.61. The topological polar surface area (TPSA) is 94.0 Å². The summed E-state index contributed by atoms with van der Waals surface area (Å²) in [5.74, 6) is 0.523. The van der Waals surface area contributed by atoms with Gasteiger partial charge in [0, 0.05) is 5.56 Å². The average Bonchev–Trinajstić information content (AvgIpc) is 3.09. The van der Waals surface area contributed by atoms with Crippen LogP contribution in [0.25, 0.3) is 11.4 Å². The minimum absolute atomic E-state index is 0.138. The van der Waals surface area contributed by atoms with E-state index < -0.39 is 6.04 Å². The summed E-state index contributed by atoms with van der Waals surface area (Å²) in [6.07, 6.45) is 0. The first-order valence-corrected chi connectivity index (χ1v) is 7.20. The molecule has 23 heavy (non-hydrogen) atoms. The van der Waals surface area contributed by atoms with Gasteiger partial charge in [-0.15, -0.1) is 0 Å². The van der Waals surface area contributed by atoms with Crippen LogP contribution in [0.2, 0.25) is 0 Å². The van der Waals surface area contributed by atoms with E-state index in [1.807, 2.05) is 60.7 Å². The van der Waals surface area contributed by atoms with Crippen molar-refractivity contribution in [3.63, 3.8) is 0 Å². The van der Waals surface area contributed by atoms with Gasteiger partial charge in [-0.2, -0.15) is 4.98 Å². The van der Waals surface area contributed by atoms with Crippen molar-refractivity contribution < 1.29 is 9.32 Å². The second-order valence-corrected chi connectivity index (χ2v) is 4.98. The third-order valence-corrected chi connectivity index (χ3v) is 3.36. The molecule has 3 rings (SSSR count). The van der Waals surface area contributed by atoms with Crippen molar-refractivity contribution in [1.82, 2.24) is 15.5 Å². The van der Waals surface area contributed by atoms with Gasteiger partial charge in [0.2, 0.25) is 17.6 Å². The number of carbonyl (C=O) groups is 1. The van der Waals surface area contributed by atoms with Gasteiger partial charge in [-0.1, -0.05) is 65.8 Å². The number of carbonyl (C=O) groups excluding carboxylic acids is 1. The van der Waals surface area contributed by atoms with Gasteiger partial charge in [-0.05, 0) is 5.56 Å². The maximum Gasteiger partial charge on any atom is 0.246 e. The average molecular weight is 308 g/mol. The van der Waals surface area contributed by atoms with Crippen LogP contribution in [0.5, 0.6) is 0 Å². The quantitative estimate of drug-likeness (QED) is 0.752. The number of aromatic nitrogens is 2. The van der Waals surface area contributed by atoms with Crippen molar-refractivity contribution in [1.29, 1.82) is 0 Å². The maximum absolute atomic E-state index is 12.1. The highest BCUT2D eigenvalue weighted by molar-refractivity contribution is 5.82. The molecule has 1 atom stereocenters. The Morgan fingerprint density at radius 1 is 1.09 bits per heavy atom. The fraction of sp³-hybridized carbons (Fsp3) is 0.118. The Balaban J connectivity index is 1.61.